The summed E-state index contributed by atoms with van der Waals surface area (Å²) < 4.78 is 4.96. The summed E-state index contributed by atoms with van der Waals surface area (Å²) in [7, 11) is 0. The Bertz CT molecular complexity index is 6980. The Balaban J connectivity index is 0.000000140. The Labute approximate surface area is 619 Å². The van der Waals surface area contributed by atoms with Crippen LogP contribution in [-0.4, -0.2) is 9.13 Å². The van der Waals surface area contributed by atoms with Gasteiger partial charge in [0.05, 0.1) is 22.1 Å². The number of rotatable bonds is 8. The first-order valence-electron chi connectivity index (χ1n) is 37.1. The molecule has 20 aromatic carbocycles. The molecule has 0 amide bonds. The fraction of sp³-hybridized carbons (Fsp3) is 0.00952. The second kappa shape index (κ2) is 25.2. The monoisotopic (exact) mass is 1360 g/mol. The second-order valence-corrected chi connectivity index (χ2v) is 28.5. The van der Waals surface area contributed by atoms with Crippen molar-refractivity contribution in [1.29, 1.82) is 0 Å². The lowest BCUT2D eigenvalue weighted by Gasteiger charge is -2.18. The predicted octanol–water partition coefficient (Wildman–Crippen LogP) is 29.1. The minimum absolute atomic E-state index is 1.13. The third kappa shape index (κ3) is 9.95. The smallest absolute Gasteiger partial charge is 0.0553 e. The molecule has 2 heterocycles. The highest BCUT2D eigenvalue weighted by molar-refractivity contribution is 6.33. The highest BCUT2D eigenvalue weighted by atomic mass is 15.0. The molecule has 22 aromatic rings. The Morgan fingerprint density at radius 1 is 0.168 bits per heavy atom. The summed E-state index contributed by atoms with van der Waals surface area (Å²) in [4.78, 5) is 0. The van der Waals surface area contributed by atoms with Crippen LogP contribution in [0.5, 0.6) is 0 Å². The maximum atomic E-state index is 2.51. The van der Waals surface area contributed by atoms with Gasteiger partial charge in [-0.25, -0.2) is 0 Å². The summed E-state index contributed by atoms with van der Waals surface area (Å²) in [6.45, 7) is 2.17. The number of hydrogen-bond acceptors (Lipinski definition) is 0. The summed E-state index contributed by atoms with van der Waals surface area (Å²) >= 11 is 0. The number of aryl methyl sites for hydroxylation is 1. The van der Waals surface area contributed by atoms with Crippen molar-refractivity contribution in [3.63, 3.8) is 0 Å². The van der Waals surface area contributed by atoms with Gasteiger partial charge >= 0.3 is 0 Å². The summed E-state index contributed by atoms with van der Waals surface area (Å²) in [5.41, 5.74) is 23.4. The lowest BCUT2D eigenvalue weighted by Crippen LogP contribution is -1.96. The van der Waals surface area contributed by atoms with Crippen molar-refractivity contribution in [3.8, 4) is 78.1 Å². The zero-order valence-corrected chi connectivity index (χ0v) is 58.9. The molecule has 0 unspecified atom stereocenters. The SMILES string of the molecule is Cc1cccc(-c2c3ccccc3c(-c3ccc(-n4c5ccc6ccccc6c5c5c6ccccc6ccc54)cc3)c3ccccc23)c1.c1ccc(-c2c3ccccc3c(-c3ccc(-n4c5cc(-c6ccccc6)c6ccccc6c5c5c6ccccc6c(-c6ccccc6)cc54)cc3)c3ccccc23)cc1. The quantitative estimate of drug-likeness (QED) is 0.134. The first-order chi connectivity index (χ1) is 53.1. The van der Waals surface area contributed by atoms with Crippen LogP contribution in [0.25, 0.3) is 208 Å². The zero-order chi connectivity index (χ0) is 70.6. The van der Waals surface area contributed by atoms with E-state index in [2.05, 4.69) is 410 Å². The molecule has 0 atom stereocenters. The van der Waals surface area contributed by atoms with Crippen LogP contribution in [0.4, 0.5) is 0 Å². The van der Waals surface area contributed by atoms with Crippen LogP contribution in [0.2, 0.25) is 0 Å². The lowest BCUT2D eigenvalue weighted by molar-refractivity contribution is 1.18. The van der Waals surface area contributed by atoms with Gasteiger partial charge in [0, 0.05) is 32.9 Å². The zero-order valence-electron chi connectivity index (χ0n) is 58.9. The van der Waals surface area contributed by atoms with Gasteiger partial charge in [-0.2, -0.15) is 0 Å². The van der Waals surface area contributed by atoms with Crippen LogP contribution < -0.4 is 0 Å². The van der Waals surface area contributed by atoms with E-state index < -0.39 is 0 Å². The molecule has 0 saturated carbocycles. The van der Waals surface area contributed by atoms with E-state index in [4.69, 9.17) is 0 Å². The molecule has 0 bridgehead atoms. The molecule has 2 heteroatoms. The van der Waals surface area contributed by atoms with Crippen molar-refractivity contribution < 1.29 is 0 Å². The van der Waals surface area contributed by atoms with E-state index >= 15 is 0 Å². The van der Waals surface area contributed by atoms with Gasteiger partial charge < -0.3 is 9.13 Å². The maximum Gasteiger partial charge on any atom is 0.0553 e. The maximum absolute atomic E-state index is 2.51. The minimum Gasteiger partial charge on any atom is -0.309 e. The summed E-state index contributed by atoms with van der Waals surface area (Å²) in [5.74, 6) is 0. The first kappa shape index (κ1) is 61.7. The average Bonchev–Trinajstić information content (AvgIpc) is 1.62. The van der Waals surface area contributed by atoms with Crippen molar-refractivity contribution in [2.24, 2.45) is 0 Å². The summed E-state index contributed by atoms with van der Waals surface area (Å²) in [6.07, 6.45) is 0. The molecular weight excluding hydrogens is 1290 g/mol. The topological polar surface area (TPSA) is 9.86 Å². The van der Waals surface area contributed by atoms with Crippen LogP contribution in [0.1, 0.15) is 5.56 Å². The molecule has 0 fully saturated rings. The average molecular weight is 1360 g/mol. The van der Waals surface area contributed by atoms with E-state index in [1.54, 1.807) is 0 Å². The van der Waals surface area contributed by atoms with Gasteiger partial charge in [-0.05, 0) is 208 Å². The molecule has 2 aromatic heterocycles. The summed E-state index contributed by atoms with van der Waals surface area (Å²) in [6, 6.07) is 145. The van der Waals surface area contributed by atoms with Crippen LogP contribution in [0.15, 0.2) is 394 Å². The van der Waals surface area contributed by atoms with Gasteiger partial charge in [0.1, 0.15) is 0 Å². The van der Waals surface area contributed by atoms with Gasteiger partial charge in [0.25, 0.3) is 0 Å². The molecule has 0 spiro atoms. The minimum atomic E-state index is 1.13. The van der Waals surface area contributed by atoms with Gasteiger partial charge in [0.15, 0.2) is 0 Å². The molecule has 0 radical (unpaired) electrons. The van der Waals surface area contributed by atoms with E-state index in [-0.39, 0.29) is 0 Å². The number of hydrogen-bond donors (Lipinski definition) is 0. The Morgan fingerprint density at radius 3 is 0.804 bits per heavy atom. The molecule has 107 heavy (non-hydrogen) atoms. The fourth-order valence-electron chi connectivity index (χ4n) is 18.0. The van der Waals surface area contributed by atoms with Crippen molar-refractivity contribution in [1.82, 2.24) is 9.13 Å². The largest absolute Gasteiger partial charge is 0.309 e. The van der Waals surface area contributed by atoms with Crippen molar-refractivity contribution in [3.05, 3.63) is 400 Å². The van der Waals surface area contributed by atoms with E-state index in [1.165, 1.54) is 202 Å². The van der Waals surface area contributed by atoms with E-state index in [9.17, 15) is 0 Å². The third-order valence-corrected chi connectivity index (χ3v) is 22.6. The Morgan fingerprint density at radius 2 is 0.439 bits per heavy atom. The molecule has 2 nitrogen and oxygen atoms in total. The van der Waals surface area contributed by atoms with Crippen molar-refractivity contribution >= 4 is 130 Å². The predicted molar refractivity (Wildman–Crippen MR) is 459 cm³/mol. The Kier molecular flexibility index (Phi) is 14.5. The number of nitrogens with zero attached hydrogens (tertiary/aromatic N) is 2. The number of fused-ring (bicyclic) bond motifs is 18. The number of benzene rings is 20. The first-order valence-corrected chi connectivity index (χ1v) is 37.1. The standard InChI is InChI=1S/C58H37N.C47H31N/c1-4-18-38(19-5-1)51-36-53-57(45-26-12-10-24-43(45)51)58-46-27-13-11-25-44(46)52(39-20-6-2-7-21-39)37-54(58)59(53)42-34-32-41(33-35-42)56-49-30-16-14-28-47(49)55(40-22-8-3-9-23-40)48-29-15-17-31-50(48)56;1-30-11-10-14-34(29-30)45-40-19-8-6-17-38(40)44(39-18-7-9-20-41(39)45)33-21-25-35(26-22-33)48-42-27-23-31-12-2-4-15-36(31)46(42)47-37-16-5-3-13-32(37)24-28-43(47)48/h1-37H;2-29H,1H3. The van der Waals surface area contributed by atoms with Gasteiger partial charge in [-0.1, -0.05) is 351 Å². The molecule has 0 N–H and O–H groups in total. The van der Waals surface area contributed by atoms with Gasteiger partial charge in [-0.3, -0.25) is 0 Å². The van der Waals surface area contributed by atoms with Gasteiger partial charge in [-0.15, -0.1) is 0 Å². The summed E-state index contributed by atoms with van der Waals surface area (Å²) in [5, 5.41) is 25.5. The van der Waals surface area contributed by atoms with Gasteiger partial charge in [0.2, 0.25) is 0 Å². The highest BCUT2D eigenvalue weighted by Crippen LogP contribution is 2.50. The molecule has 498 valence electrons. The van der Waals surface area contributed by atoms with E-state index in [0.717, 1.165) is 11.4 Å². The molecule has 0 aliphatic carbocycles. The van der Waals surface area contributed by atoms with E-state index in [1.807, 2.05) is 0 Å². The van der Waals surface area contributed by atoms with Crippen LogP contribution in [0, 0.1) is 6.92 Å². The lowest BCUT2D eigenvalue weighted by atomic mass is 9.86. The normalized spacial score (nSPS) is 11.8. The fourth-order valence-corrected chi connectivity index (χ4v) is 18.0. The third-order valence-electron chi connectivity index (χ3n) is 22.6. The van der Waals surface area contributed by atoms with Crippen molar-refractivity contribution in [2.45, 2.75) is 6.92 Å². The molecule has 0 saturated heterocycles. The van der Waals surface area contributed by atoms with Crippen molar-refractivity contribution in [2.75, 3.05) is 0 Å². The van der Waals surface area contributed by atoms with Crippen LogP contribution in [0.3, 0.4) is 0 Å². The second-order valence-electron chi connectivity index (χ2n) is 28.5. The highest BCUT2D eigenvalue weighted by Gasteiger charge is 2.25. The molecule has 22 rings (SSSR count). The van der Waals surface area contributed by atoms with Crippen LogP contribution >= 0.6 is 0 Å². The van der Waals surface area contributed by atoms with E-state index in [0.29, 0.717) is 0 Å². The molecular formula is C105H68N2. The molecule has 0 aliphatic rings. The number of aromatic nitrogens is 2. The van der Waals surface area contributed by atoms with Crippen LogP contribution in [-0.2, 0) is 0 Å². The molecule has 0 aliphatic heterocycles. The Hall–Kier alpha value is -13.9.